The second-order valence-electron chi connectivity index (χ2n) is 5.16. The first-order valence-electron chi connectivity index (χ1n) is 5.86. The molecule has 5 heteroatoms. The van der Waals surface area contributed by atoms with Gasteiger partial charge in [-0.05, 0) is 32.6 Å². The van der Waals surface area contributed by atoms with E-state index in [-0.39, 0.29) is 17.9 Å². The molecule has 1 saturated heterocycles. The Morgan fingerprint density at radius 2 is 2.12 bits per heavy atom. The number of halogens is 1. The number of hydrogen-bond donors (Lipinski definition) is 1. The van der Waals surface area contributed by atoms with Crippen LogP contribution in [0.4, 0.5) is 0 Å². The fourth-order valence-electron chi connectivity index (χ4n) is 2.16. The van der Waals surface area contributed by atoms with Crippen molar-refractivity contribution in [1.29, 1.82) is 0 Å². The van der Waals surface area contributed by atoms with Gasteiger partial charge in [0.15, 0.2) is 0 Å². The summed E-state index contributed by atoms with van der Waals surface area (Å²) in [6, 6.07) is -0.334. The van der Waals surface area contributed by atoms with Gasteiger partial charge in [0.25, 0.3) is 0 Å². The van der Waals surface area contributed by atoms with E-state index in [0.29, 0.717) is 12.5 Å². The molecule has 0 radical (unpaired) electrons. The number of rotatable bonds is 3. The molecule has 1 unspecified atom stereocenters. The van der Waals surface area contributed by atoms with E-state index < -0.39 is 5.54 Å². The summed E-state index contributed by atoms with van der Waals surface area (Å²) < 4.78 is 0. The van der Waals surface area contributed by atoms with Crippen LogP contribution in [0.15, 0.2) is 11.6 Å². The molecule has 2 aliphatic rings. The Kier molecular flexibility index (Phi) is 3.17. The lowest BCUT2D eigenvalue weighted by molar-refractivity contribution is -0.155. The van der Waals surface area contributed by atoms with Crippen LogP contribution in [0.5, 0.6) is 0 Å². The van der Waals surface area contributed by atoms with E-state index >= 15 is 0 Å². The molecular weight excluding hydrogens is 240 g/mol. The van der Waals surface area contributed by atoms with Gasteiger partial charge in [0.05, 0.1) is 0 Å². The van der Waals surface area contributed by atoms with Crippen molar-refractivity contribution in [2.24, 2.45) is 5.92 Å². The van der Waals surface area contributed by atoms with E-state index in [1.54, 1.807) is 24.8 Å². The van der Waals surface area contributed by atoms with Gasteiger partial charge in [-0.2, -0.15) is 0 Å². The van der Waals surface area contributed by atoms with Crippen LogP contribution in [0.25, 0.3) is 0 Å². The summed E-state index contributed by atoms with van der Waals surface area (Å²) in [4.78, 5) is 25.9. The maximum absolute atomic E-state index is 12.3. The Balaban J connectivity index is 2.22. The molecule has 2 amide bonds. The molecule has 2 fully saturated rings. The normalized spacial score (nSPS) is 28.6. The number of hydrogen-bond acceptors (Lipinski definition) is 2. The van der Waals surface area contributed by atoms with Gasteiger partial charge in [-0.25, -0.2) is 0 Å². The summed E-state index contributed by atoms with van der Waals surface area (Å²) in [5.41, 5.74) is 0.570. The zero-order valence-electron chi connectivity index (χ0n) is 10.1. The topological polar surface area (TPSA) is 49.4 Å². The summed E-state index contributed by atoms with van der Waals surface area (Å²) in [6.07, 6.45) is 3.73. The monoisotopic (exact) mass is 256 g/mol. The van der Waals surface area contributed by atoms with Crippen molar-refractivity contribution in [1.82, 2.24) is 10.2 Å². The molecule has 94 valence electrons. The van der Waals surface area contributed by atoms with Crippen LogP contribution in [0.3, 0.4) is 0 Å². The van der Waals surface area contributed by atoms with E-state index in [1.165, 1.54) is 5.54 Å². The van der Waals surface area contributed by atoms with Gasteiger partial charge in [-0.3, -0.25) is 9.59 Å². The second kappa shape index (κ2) is 4.33. The maximum Gasteiger partial charge on any atom is 0.246 e. The molecule has 4 nitrogen and oxygen atoms in total. The zero-order chi connectivity index (χ0) is 12.6. The first-order valence-corrected chi connectivity index (χ1v) is 6.30. The van der Waals surface area contributed by atoms with Crippen molar-refractivity contribution >= 4 is 23.4 Å². The van der Waals surface area contributed by atoms with Crippen LogP contribution in [0.1, 0.15) is 26.7 Å². The molecule has 1 atom stereocenters. The SMILES string of the molecule is CC1(C)C(=O)NC(C2CC2)C(=O)N1C/C=C/Cl. The van der Waals surface area contributed by atoms with E-state index in [1.807, 2.05) is 0 Å². The summed E-state index contributed by atoms with van der Waals surface area (Å²) >= 11 is 5.49. The fraction of sp³-hybridized carbons (Fsp3) is 0.667. The highest BCUT2D eigenvalue weighted by Crippen LogP contribution is 2.36. The third-order valence-corrected chi connectivity index (χ3v) is 3.70. The van der Waals surface area contributed by atoms with Crippen LogP contribution >= 0.6 is 11.6 Å². The van der Waals surface area contributed by atoms with Crippen LogP contribution in [0.2, 0.25) is 0 Å². The Morgan fingerprint density at radius 1 is 1.47 bits per heavy atom. The van der Waals surface area contributed by atoms with Crippen LogP contribution in [-0.2, 0) is 9.59 Å². The van der Waals surface area contributed by atoms with E-state index in [9.17, 15) is 9.59 Å². The first-order chi connectivity index (χ1) is 7.98. The minimum absolute atomic E-state index is 0.00636. The van der Waals surface area contributed by atoms with Crippen LogP contribution in [-0.4, -0.2) is 34.8 Å². The molecule has 0 bridgehead atoms. The summed E-state index contributed by atoms with van der Waals surface area (Å²) in [5, 5.41) is 2.84. The summed E-state index contributed by atoms with van der Waals surface area (Å²) in [5.74, 6) is 0.244. The van der Waals surface area contributed by atoms with Crippen molar-refractivity contribution in [3.63, 3.8) is 0 Å². The predicted octanol–water partition coefficient (Wildman–Crippen LogP) is 1.25. The molecule has 0 aromatic heterocycles. The standard InChI is InChI=1S/C12H17ClN2O2/c1-12(2)11(17)14-9(8-4-5-8)10(16)15(12)7-3-6-13/h3,6,8-9H,4-5,7H2,1-2H3,(H,14,17)/b6-3+. The number of piperazine rings is 1. The summed E-state index contributed by atoms with van der Waals surface area (Å²) in [7, 11) is 0. The molecule has 1 N–H and O–H groups in total. The van der Waals surface area contributed by atoms with Gasteiger partial charge < -0.3 is 10.2 Å². The molecule has 1 aliphatic heterocycles. The molecular formula is C12H17ClN2O2. The first kappa shape index (κ1) is 12.4. The van der Waals surface area contributed by atoms with E-state index in [2.05, 4.69) is 5.32 Å². The highest BCUT2D eigenvalue weighted by Gasteiger charge is 2.50. The van der Waals surface area contributed by atoms with E-state index in [0.717, 1.165) is 12.8 Å². The largest absolute Gasteiger partial charge is 0.342 e. The lowest BCUT2D eigenvalue weighted by Gasteiger charge is -2.44. The van der Waals surface area contributed by atoms with Crippen molar-refractivity contribution in [3.05, 3.63) is 11.6 Å². The van der Waals surface area contributed by atoms with Crippen LogP contribution < -0.4 is 5.32 Å². The quantitative estimate of drug-likeness (QED) is 0.826. The minimum Gasteiger partial charge on any atom is -0.342 e. The highest BCUT2D eigenvalue weighted by molar-refractivity contribution is 6.25. The number of nitrogens with zero attached hydrogens (tertiary/aromatic N) is 1. The Hall–Kier alpha value is -1.03. The summed E-state index contributed by atoms with van der Waals surface area (Å²) in [6.45, 7) is 3.89. The van der Waals surface area contributed by atoms with Crippen molar-refractivity contribution in [2.75, 3.05) is 6.54 Å². The van der Waals surface area contributed by atoms with Gasteiger partial charge in [0.1, 0.15) is 11.6 Å². The van der Waals surface area contributed by atoms with Crippen molar-refractivity contribution < 1.29 is 9.59 Å². The third kappa shape index (κ3) is 2.18. The average Bonchev–Trinajstić information content (AvgIpc) is 3.07. The molecule has 0 spiro atoms. The maximum atomic E-state index is 12.3. The average molecular weight is 257 g/mol. The Morgan fingerprint density at radius 3 is 2.65 bits per heavy atom. The predicted molar refractivity (Wildman–Crippen MR) is 65.4 cm³/mol. The smallest absolute Gasteiger partial charge is 0.246 e. The number of carbonyl (C=O) groups excluding carboxylic acids is 2. The lowest BCUT2D eigenvalue weighted by Crippen LogP contribution is -2.68. The molecule has 1 heterocycles. The number of nitrogens with one attached hydrogen (secondary N) is 1. The Labute approximate surface area is 106 Å². The molecule has 2 rings (SSSR count). The lowest BCUT2D eigenvalue weighted by atomic mass is 9.94. The highest BCUT2D eigenvalue weighted by atomic mass is 35.5. The zero-order valence-corrected chi connectivity index (χ0v) is 10.8. The fourth-order valence-corrected chi connectivity index (χ4v) is 2.24. The number of amides is 2. The molecule has 0 aromatic carbocycles. The minimum atomic E-state index is -0.807. The van der Waals surface area contributed by atoms with Gasteiger partial charge in [0.2, 0.25) is 11.8 Å². The molecule has 17 heavy (non-hydrogen) atoms. The number of carbonyl (C=O) groups is 2. The van der Waals surface area contributed by atoms with Crippen LogP contribution in [0, 0.1) is 5.92 Å². The van der Waals surface area contributed by atoms with Crippen molar-refractivity contribution in [3.8, 4) is 0 Å². The van der Waals surface area contributed by atoms with Gasteiger partial charge >= 0.3 is 0 Å². The second-order valence-corrected chi connectivity index (χ2v) is 5.41. The molecule has 1 aliphatic carbocycles. The molecule has 1 saturated carbocycles. The molecule has 0 aromatic rings. The Bertz CT molecular complexity index is 375. The van der Waals surface area contributed by atoms with Gasteiger partial charge in [-0.15, -0.1) is 0 Å². The van der Waals surface area contributed by atoms with Crippen molar-refractivity contribution in [2.45, 2.75) is 38.3 Å². The van der Waals surface area contributed by atoms with Gasteiger partial charge in [-0.1, -0.05) is 17.7 Å². The van der Waals surface area contributed by atoms with E-state index in [4.69, 9.17) is 11.6 Å². The third-order valence-electron chi connectivity index (χ3n) is 3.52. The van der Waals surface area contributed by atoms with Gasteiger partial charge in [0, 0.05) is 12.1 Å².